The molecule has 1 atom stereocenters. The number of anilines is 1. The molecular formula is C31H38ClN3O5S. The number of sulfonamides is 1. The van der Waals surface area contributed by atoms with Crippen molar-refractivity contribution in [2.24, 2.45) is 5.92 Å². The number of halogens is 1. The third-order valence-corrected chi connectivity index (χ3v) is 7.91. The molecule has 0 heterocycles. The minimum absolute atomic E-state index is 0.0693. The van der Waals surface area contributed by atoms with Gasteiger partial charge in [0.05, 0.1) is 19.1 Å². The number of carbonyl (C=O) groups is 2. The Bertz CT molecular complexity index is 1450. The SMILES string of the molecule is COc1cccc(CN(C(=O)CN(c2ccc(Cl)cc2C)S(C)(=O)=O)[C@H](Cc2ccccc2)C(=O)NCC(C)C)c1. The van der Waals surface area contributed by atoms with Gasteiger partial charge >= 0.3 is 0 Å². The summed E-state index contributed by atoms with van der Waals surface area (Å²) in [6.45, 7) is 5.72. The van der Waals surface area contributed by atoms with Gasteiger partial charge in [0, 0.05) is 24.5 Å². The van der Waals surface area contributed by atoms with Crippen LogP contribution in [0.2, 0.25) is 5.02 Å². The van der Waals surface area contributed by atoms with E-state index in [-0.39, 0.29) is 24.8 Å². The molecule has 3 aromatic rings. The van der Waals surface area contributed by atoms with Crippen molar-refractivity contribution in [3.63, 3.8) is 0 Å². The highest BCUT2D eigenvalue weighted by atomic mass is 35.5. The molecule has 0 saturated heterocycles. The number of nitrogens with one attached hydrogen (secondary N) is 1. The van der Waals surface area contributed by atoms with E-state index in [0.717, 1.165) is 21.7 Å². The monoisotopic (exact) mass is 599 g/mol. The van der Waals surface area contributed by atoms with Crippen molar-refractivity contribution in [1.82, 2.24) is 10.2 Å². The van der Waals surface area contributed by atoms with E-state index in [2.05, 4.69) is 5.32 Å². The molecule has 0 radical (unpaired) electrons. The Morgan fingerprint density at radius 2 is 1.66 bits per heavy atom. The second-order valence-corrected chi connectivity index (χ2v) is 12.8. The molecule has 8 nitrogen and oxygen atoms in total. The Labute approximate surface area is 248 Å². The molecule has 0 aliphatic carbocycles. The van der Waals surface area contributed by atoms with E-state index in [1.807, 2.05) is 56.3 Å². The second-order valence-electron chi connectivity index (χ2n) is 10.4. The second kappa shape index (κ2) is 14.4. The number of amides is 2. The van der Waals surface area contributed by atoms with Crippen LogP contribution in [0.5, 0.6) is 5.75 Å². The smallest absolute Gasteiger partial charge is 0.244 e. The van der Waals surface area contributed by atoms with Gasteiger partial charge in [-0.25, -0.2) is 8.42 Å². The van der Waals surface area contributed by atoms with Crippen LogP contribution in [0.4, 0.5) is 5.69 Å². The molecule has 1 N–H and O–H groups in total. The molecule has 0 bridgehead atoms. The van der Waals surface area contributed by atoms with E-state index >= 15 is 0 Å². The lowest BCUT2D eigenvalue weighted by molar-refractivity contribution is -0.140. The zero-order chi connectivity index (χ0) is 30.2. The molecule has 220 valence electrons. The van der Waals surface area contributed by atoms with E-state index in [1.165, 1.54) is 4.90 Å². The van der Waals surface area contributed by atoms with Crippen LogP contribution in [0, 0.1) is 12.8 Å². The van der Waals surface area contributed by atoms with Gasteiger partial charge in [-0.2, -0.15) is 0 Å². The van der Waals surface area contributed by atoms with Gasteiger partial charge in [-0.1, -0.05) is 67.9 Å². The maximum absolute atomic E-state index is 14.2. The van der Waals surface area contributed by atoms with Gasteiger partial charge in [0.1, 0.15) is 18.3 Å². The third kappa shape index (κ3) is 9.23. The maximum atomic E-state index is 14.2. The number of aryl methyl sites for hydroxylation is 1. The van der Waals surface area contributed by atoms with Crippen molar-refractivity contribution in [3.8, 4) is 5.75 Å². The first-order valence-electron chi connectivity index (χ1n) is 13.4. The molecule has 0 spiro atoms. The van der Waals surface area contributed by atoms with E-state index in [1.54, 1.807) is 44.4 Å². The molecule has 3 aromatic carbocycles. The first-order chi connectivity index (χ1) is 19.4. The van der Waals surface area contributed by atoms with Crippen LogP contribution in [0.15, 0.2) is 72.8 Å². The van der Waals surface area contributed by atoms with E-state index < -0.39 is 28.5 Å². The summed E-state index contributed by atoms with van der Waals surface area (Å²) >= 11 is 6.11. The molecule has 0 saturated carbocycles. The zero-order valence-corrected chi connectivity index (χ0v) is 25.7. The van der Waals surface area contributed by atoms with Gasteiger partial charge in [0.15, 0.2) is 0 Å². The zero-order valence-electron chi connectivity index (χ0n) is 24.1. The van der Waals surface area contributed by atoms with Crippen molar-refractivity contribution < 1.29 is 22.7 Å². The number of hydrogen-bond donors (Lipinski definition) is 1. The lowest BCUT2D eigenvalue weighted by Gasteiger charge is -2.34. The van der Waals surface area contributed by atoms with Crippen molar-refractivity contribution in [1.29, 1.82) is 0 Å². The third-order valence-electron chi connectivity index (χ3n) is 6.55. The van der Waals surface area contributed by atoms with Gasteiger partial charge in [0.25, 0.3) is 0 Å². The molecule has 10 heteroatoms. The number of rotatable bonds is 13. The summed E-state index contributed by atoms with van der Waals surface area (Å²) in [6, 6.07) is 20.6. The molecular weight excluding hydrogens is 562 g/mol. The fourth-order valence-corrected chi connectivity index (χ4v) is 5.57. The highest BCUT2D eigenvalue weighted by molar-refractivity contribution is 7.92. The van der Waals surface area contributed by atoms with Crippen molar-refractivity contribution >= 4 is 39.1 Å². The van der Waals surface area contributed by atoms with Gasteiger partial charge in [-0.05, 0) is 59.9 Å². The average Bonchev–Trinajstić information content (AvgIpc) is 2.92. The lowest BCUT2D eigenvalue weighted by Crippen LogP contribution is -2.53. The Morgan fingerprint density at radius 1 is 0.976 bits per heavy atom. The highest BCUT2D eigenvalue weighted by Gasteiger charge is 2.33. The number of nitrogens with zero attached hydrogens (tertiary/aromatic N) is 2. The largest absolute Gasteiger partial charge is 0.497 e. The van der Waals surface area contributed by atoms with Crippen LogP contribution in [0.1, 0.15) is 30.5 Å². The van der Waals surface area contributed by atoms with Crippen LogP contribution in [0.25, 0.3) is 0 Å². The maximum Gasteiger partial charge on any atom is 0.244 e. The first kappa shape index (κ1) is 32.0. The van der Waals surface area contributed by atoms with Crippen LogP contribution < -0.4 is 14.4 Å². The number of benzene rings is 3. The number of ether oxygens (including phenoxy) is 1. The first-order valence-corrected chi connectivity index (χ1v) is 15.6. The molecule has 41 heavy (non-hydrogen) atoms. The summed E-state index contributed by atoms with van der Waals surface area (Å²) in [5.74, 6) is -0.0265. The number of hydrogen-bond acceptors (Lipinski definition) is 5. The number of carbonyl (C=O) groups excluding carboxylic acids is 2. The quantitative estimate of drug-likeness (QED) is 0.303. The standard InChI is InChI=1S/C31H38ClN3O5S/c1-22(2)19-33-31(37)29(18-24-10-7-6-8-11-24)34(20-25-12-9-13-27(17-25)40-4)30(36)21-35(41(5,38)39)28-15-14-26(32)16-23(28)3/h6-17,22,29H,18-21H2,1-5H3,(H,33,37)/t29-/m1/s1. The van der Waals surface area contributed by atoms with E-state index in [4.69, 9.17) is 16.3 Å². The minimum Gasteiger partial charge on any atom is -0.497 e. The summed E-state index contributed by atoms with van der Waals surface area (Å²) in [4.78, 5) is 29.3. The predicted molar refractivity (Wildman–Crippen MR) is 164 cm³/mol. The summed E-state index contributed by atoms with van der Waals surface area (Å²) < 4.78 is 32.4. The minimum atomic E-state index is -3.87. The Morgan fingerprint density at radius 3 is 2.27 bits per heavy atom. The van der Waals surface area contributed by atoms with E-state index in [9.17, 15) is 18.0 Å². The fraction of sp³-hybridized carbons (Fsp3) is 0.355. The summed E-state index contributed by atoms with van der Waals surface area (Å²) in [6.07, 6.45) is 1.30. The van der Waals surface area contributed by atoms with Gasteiger partial charge in [-0.3, -0.25) is 13.9 Å². The molecule has 3 rings (SSSR count). The Hall–Kier alpha value is -3.56. The molecule has 0 aliphatic rings. The van der Waals surface area contributed by atoms with Crippen LogP contribution in [-0.4, -0.2) is 57.6 Å². The van der Waals surface area contributed by atoms with Crippen molar-refractivity contribution in [3.05, 3.63) is 94.5 Å². The van der Waals surface area contributed by atoms with Crippen LogP contribution >= 0.6 is 11.6 Å². The topological polar surface area (TPSA) is 96.0 Å². The average molecular weight is 600 g/mol. The van der Waals surface area contributed by atoms with Gasteiger partial charge in [0.2, 0.25) is 21.8 Å². The van der Waals surface area contributed by atoms with Crippen molar-refractivity contribution in [2.45, 2.75) is 39.8 Å². The van der Waals surface area contributed by atoms with Gasteiger partial charge < -0.3 is 15.0 Å². The molecule has 2 amide bonds. The van der Waals surface area contributed by atoms with E-state index in [0.29, 0.717) is 28.6 Å². The predicted octanol–water partition coefficient (Wildman–Crippen LogP) is 4.84. The lowest BCUT2D eigenvalue weighted by atomic mass is 10.0. The normalized spacial score (nSPS) is 12.1. The van der Waals surface area contributed by atoms with Crippen molar-refractivity contribution in [2.75, 3.05) is 30.8 Å². The Balaban J connectivity index is 2.08. The molecule has 0 aromatic heterocycles. The molecule has 0 unspecified atom stereocenters. The molecule has 0 aliphatic heterocycles. The van der Waals surface area contributed by atoms with Crippen LogP contribution in [0.3, 0.4) is 0 Å². The summed E-state index contributed by atoms with van der Waals surface area (Å²) in [7, 11) is -2.32. The Kier molecular flexibility index (Phi) is 11.2. The van der Waals surface area contributed by atoms with Crippen LogP contribution in [-0.2, 0) is 32.6 Å². The number of methoxy groups -OCH3 is 1. The highest BCUT2D eigenvalue weighted by Crippen LogP contribution is 2.26. The summed E-state index contributed by atoms with van der Waals surface area (Å²) in [5.41, 5.74) is 2.55. The summed E-state index contributed by atoms with van der Waals surface area (Å²) in [5, 5.41) is 3.43. The van der Waals surface area contributed by atoms with Gasteiger partial charge in [-0.15, -0.1) is 0 Å². The molecule has 0 fully saturated rings. The fourth-order valence-electron chi connectivity index (χ4n) is 4.44.